The minimum absolute atomic E-state index is 0.113. The number of benzene rings is 1. The smallest absolute Gasteiger partial charge is 0.407 e. The summed E-state index contributed by atoms with van der Waals surface area (Å²) in [7, 11) is 0. The van der Waals surface area contributed by atoms with Crippen molar-refractivity contribution in [1.29, 1.82) is 0 Å². The Kier molecular flexibility index (Phi) is 7.06. The molecule has 1 aromatic carbocycles. The van der Waals surface area contributed by atoms with Crippen molar-refractivity contribution in [2.75, 3.05) is 13.1 Å². The summed E-state index contributed by atoms with van der Waals surface area (Å²) in [5, 5.41) is 2.71. The van der Waals surface area contributed by atoms with E-state index in [-0.39, 0.29) is 17.9 Å². The number of nitrogens with one attached hydrogen (secondary N) is 1. The van der Waals surface area contributed by atoms with Crippen molar-refractivity contribution in [1.82, 2.24) is 10.2 Å². The molecule has 0 spiro atoms. The zero-order chi connectivity index (χ0) is 19.2. The molecule has 2 rings (SSSR count). The lowest BCUT2D eigenvalue weighted by molar-refractivity contribution is -0.138. The molecule has 1 aromatic rings. The van der Waals surface area contributed by atoms with Gasteiger partial charge in [-0.2, -0.15) is 0 Å². The second kappa shape index (κ2) is 9.06. The van der Waals surface area contributed by atoms with Crippen molar-refractivity contribution in [3.63, 3.8) is 0 Å². The topological polar surface area (TPSA) is 58.6 Å². The first-order valence-electron chi connectivity index (χ1n) is 9.57. The Morgan fingerprint density at radius 2 is 1.92 bits per heavy atom. The summed E-state index contributed by atoms with van der Waals surface area (Å²) in [5.74, 6) is -0.152. The Labute approximate surface area is 157 Å². The monoisotopic (exact) mass is 360 g/mol. The van der Waals surface area contributed by atoms with Crippen molar-refractivity contribution in [2.45, 2.75) is 65.0 Å². The molecule has 5 nitrogen and oxygen atoms in total. The van der Waals surface area contributed by atoms with Crippen LogP contribution < -0.4 is 5.32 Å². The number of nitrogens with zero attached hydrogens (tertiary/aromatic N) is 1. The highest BCUT2D eigenvalue weighted by Gasteiger charge is 2.30. The fraction of sp³-hybridized carbons (Fsp3) is 0.619. The van der Waals surface area contributed by atoms with Gasteiger partial charge in [0.1, 0.15) is 5.60 Å². The molecule has 1 fully saturated rings. The maximum atomic E-state index is 12.9. The molecule has 144 valence electrons. The summed E-state index contributed by atoms with van der Waals surface area (Å²) in [5.41, 5.74) is 0.724. The van der Waals surface area contributed by atoms with E-state index in [1.165, 1.54) is 5.56 Å². The van der Waals surface area contributed by atoms with Gasteiger partial charge in [0.05, 0.1) is 5.92 Å². The predicted molar refractivity (Wildman–Crippen MR) is 103 cm³/mol. The van der Waals surface area contributed by atoms with Crippen LogP contribution in [-0.4, -0.2) is 41.6 Å². The minimum atomic E-state index is -0.537. The van der Waals surface area contributed by atoms with Crippen LogP contribution in [0.2, 0.25) is 0 Å². The molecule has 0 aliphatic carbocycles. The molecule has 1 heterocycles. The number of rotatable bonds is 5. The highest BCUT2D eigenvalue weighted by Crippen LogP contribution is 2.22. The maximum Gasteiger partial charge on any atom is 0.407 e. The van der Waals surface area contributed by atoms with Gasteiger partial charge in [-0.3, -0.25) is 4.79 Å². The molecule has 0 aromatic heterocycles. The lowest BCUT2D eigenvalue weighted by Gasteiger charge is -2.37. The first-order valence-corrected chi connectivity index (χ1v) is 9.57. The molecule has 0 unspecified atom stereocenters. The maximum absolute atomic E-state index is 12.9. The molecule has 0 bridgehead atoms. The molecule has 1 aliphatic rings. The van der Waals surface area contributed by atoms with Crippen molar-refractivity contribution in [3.05, 3.63) is 35.9 Å². The second-order valence-electron chi connectivity index (χ2n) is 8.15. The van der Waals surface area contributed by atoms with Crippen molar-refractivity contribution < 1.29 is 14.3 Å². The Hall–Kier alpha value is -2.04. The van der Waals surface area contributed by atoms with E-state index in [0.717, 1.165) is 32.2 Å². The van der Waals surface area contributed by atoms with Crippen LogP contribution in [0.3, 0.4) is 0 Å². The number of likely N-dealkylation sites (tertiary alicyclic amines) is 1. The average molecular weight is 360 g/mol. The SMILES string of the molecule is C[C@@H](CNC(=O)OC(C)(C)C)C(=O)N1CCCC[C@@H]1Cc1ccccc1. The van der Waals surface area contributed by atoms with E-state index in [0.29, 0.717) is 6.54 Å². The van der Waals surface area contributed by atoms with E-state index in [1.54, 1.807) is 0 Å². The van der Waals surface area contributed by atoms with Crippen LogP contribution in [0.25, 0.3) is 0 Å². The van der Waals surface area contributed by atoms with E-state index in [4.69, 9.17) is 4.74 Å². The number of hydrogen-bond donors (Lipinski definition) is 1. The molecular formula is C21H32N2O3. The Balaban J connectivity index is 1.91. The van der Waals surface area contributed by atoms with Crippen LogP contribution in [0, 0.1) is 5.92 Å². The third kappa shape index (κ3) is 6.36. The molecule has 2 amide bonds. The highest BCUT2D eigenvalue weighted by atomic mass is 16.6. The first-order chi connectivity index (χ1) is 12.3. The van der Waals surface area contributed by atoms with Crippen molar-refractivity contribution in [2.24, 2.45) is 5.92 Å². The van der Waals surface area contributed by atoms with Crippen LogP contribution in [0.5, 0.6) is 0 Å². The summed E-state index contributed by atoms with van der Waals surface area (Å²) in [4.78, 5) is 26.8. The largest absolute Gasteiger partial charge is 0.444 e. The molecular weight excluding hydrogens is 328 g/mol. The Bertz CT molecular complexity index is 595. The van der Waals surface area contributed by atoms with Crippen LogP contribution in [0.4, 0.5) is 4.79 Å². The molecule has 0 radical (unpaired) electrons. The normalized spacial score (nSPS) is 18.9. The van der Waals surface area contributed by atoms with Gasteiger partial charge in [-0.15, -0.1) is 0 Å². The van der Waals surface area contributed by atoms with Crippen LogP contribution in [0.1, 0.15) is 52.5 Å². The van der Waals surface area contributed by atoms with Crippen LogP contribution in [0.15, 0.2) is 30.3 Å². The van der Waals surface area contributed by atoms with E-state index in [2.05, 4.69) is 17.4 Å². The van der Waals surface area contributed by atoms with Gasteiger partial charge in [0.15, 0.2) is 0 Å². The van der Waals surface area contributed by atoms with Gasteiger partial charge in [0, 0.05) is 19.1 Å². The number of ether oxygens (including phenoxy) is 1. The average Bonchev–Trinajstić information content (AvgIpc) is 2.59. The van der Waals surface area contributed by atoms with E-state index in [1.807, 2.05) is 50.8 Å². The number of carbonyl (C=O) groups excluding carboxylic acids is 2. The molecule has 1 aliphatic heterocycles. The molecule has 1 saturated heterocycles. The van der Waals surface area contributed by atoms with Gasteiger partial charge < -0.3 is 15.0 Å². The Morgan fingerprint density at radius 3 is 2.58 bits per heavy atom. The van der Waals surface area contributed by atoms with Crippen LogP contribution in [-0.2, 0) is 16.0 Å². The number of carbonyl (C=O) groups is 2. The van der Waals surface area contributed by atoms with Crippen LogP contribution >= 0.6 is 0 Å². The van der Waals surface area contributed by atoms with Gasteiger partial charge in [-0.05, 0) is 52.0 Å². The number of piperidine rings is 1. The third-order valence-electron chi connectivity index (χ3n) is 4.60. The van der Waals surface area contributed by atoms with Gasteiger partial charge in [0.25, 0.3) is 0 Å². The summed E-state index contributed by atoms with van der Waals surface area (Å²) in [6.07, 6.45) is 3.65. The standard InChI is InChI=1S/C21H32N2O3/c1-16(15-22-20(25)26-21(2,3)4)19(24)23-13-9-8-12-18(23)14-17-10-6-5-7-11-17/h5-7,10-11,16,18H,8-9,12-15H2,1-4H3,(H,22,25)/t16-,18+/m0/s1. The fourth-order valence-electron chi connectivity index (χ4n) is 3.31. The number of alkyl carbamates (subject to hydrolysis) is 1. The van der Waals surface area contributed by atoms with Gasteiger partial charge in [-0.1, -0.05) is 37.3 Å². The highest BCUT2D eigenvalue weighted by molar-refractivity contribution is 5.80. The molecule has 26 heavy (non-hydrogen) atoms. The van der Waals surface area contributed by atoms with E-state index >= 15 is 0 Å². The minimum Gasteiger partial charge on any atom is -0.444 e. The molecule has 1 N–H and O–H groups in total. The fourth-order valence-corrected chi connectivity index (χ4v) is 3.31. The summed E-state index contributed by atoms with van der Waals surface area (Å²) in [6.45, 7) is 8.43. The van der Waals surface area contributed by atoms with E-state index < -0.39 is 11.7 Å². The summed E-state index contributed by atoms with van der Waals surface area (Å²) < 4.78 is 5.24. The van der Waals surface area contributed by atoms with Crippen molar-refractivity contribution >= 4 is 12.0 Å². The predicted octanol–water partition coefficient (Wildman–Crippen LogP) is 3.77. The summed E-state index contributed by atoms with van der Waals surface area (Å²) in [6, 6.07) is 10.6. The quantitative estimate of drug-likeness (QED) is 0.869. The lowest BCUT2D eigenvalue weighted by Crippen LogP contribution is -2.49. The van der Waals surface area contributed by atoms with Gasteiger partial charge in [0.2, 0.25) is 5.91 Å². The molecule has 0 saturated carbocycles. The molecule has 5 heteroatoms. The van der Waals surface area contributed by atoms with Gasteiger partial charge >= 0.3 is 6.09 Å². The van der Waals surface area contributed by atoms with Gasteiger partial charge in [-0.25, -0.2) is 4.79 Å². The zero-order valence-corrected chi connectivity index (χ0v) is 16.5. The van der Waals surface area contributed by atoms with Crippen molar-refractivity contribution in [3.8, 4) is 0 Å². The number of amides is 2. The second-order valence-corrected chi connectivity index (χ2v) is 8.15. The zero-order valence-electron chi connectivity index (χ0n) is 16.5. The molecule has 2 atom stereocenters. The van der Waals surface area contributed by atoms with E-state index in [9.17, 15) is 9.59 Å². The first kappa shape index (κ1) is 20.3. The Morgan fingerprint density at radius 1 is 1.23 bits per heavy atom. The summed E-state index contributed by atoms with van der Waals surface area (Å²) >= 11 is 0. The number of hydrogen-bond acceptors (Lipinski definition) is 3. The lowest BCUT2D eigenvalue weighted by atomic mass is 9.94. The third-order valence-corrected chi connectivity index (χ3v) is 4.60.